The van der Waals surface area contributed by atoms with Crippen LogP contribution < -0.4 is 50.6 Å². The predicted molar refractivity (Wildman–Crippen MR) is 193 cm³/mol. The Hall–Kier alpha value is -5.78. The Labute approximate surface area is 340 Å². The molecule has 0 saturated heterocycles. The maximum Gasteiger partial charge on any atom is 1.00 e. The largest absolute Gasteiger partial charge is 1.00 e. The van der Waals surface area contributed by atoms with Crippen LogP contribution >= 0.6 is 0 Å². The van der Waals surface area contributed by atoms with Crippen LogP contribution in [-0.2, 0) is 31.0 Å². The molecule has 1 atom stereocenters. The first-order valence-electron chi connectivity index (χ1n) is 17.1. The van der Waals surface area contributed by atoms with Gasteiger partial charge in [0.15, 0.2) is 11.8 Å². The molecule has 0 spiro atoms. The standard InChI is InChI=1S/C38H38FN7O9.Na/c1-38(2,3)34-27(40-20-41-34)18-29-36(55-21-54-32(49)9-5-8-26-19-46(45-44-26)30(37(52)53)14-15-31(47)48)43-28(35(51)42-29)17-22-6-4-7-24(16-22)33(50)23-10-12-25(39)13-11-23;/h4,6-7,10-13,16-20,30H,5,8-9,14-15,21H2,1-3H3,(H,40,41)(H,42,51)(H,47,48)(H,52,53);/q;+1/b28-17-,29-18-;. The van der Waals surface area contributed by atoms with Crippen LogP contribution in [0.4, 0.5) is 4.39 Å². The van der Waals surface area contributed by atoms with Crippen molar-refractivity contribution in [3.05, 3.63) is 122 Å². The van der Waals surface area contributed by atoms with Crippen molar-refractivity contribution in [1.29, 1.82) is 0 Å². The van der Waals surface area contributed by atoms with Gasteiger partial charge in [0.05, 0.1) is 17.7 Å². The number of aliphatic carboxylic acids is 2. The van der Waals surface area contributed by atoms with E-state index in [2.05, 4.69) is 30.2 Å². The third kappa shape index (κ3) is 11.6. The summed E-state index contributed by atoms with van der Waals surface area (Å²) in [6, 6.07) is 10.4. The first kappa shape index (κ1) is 43.0. The van der Waals surface area contributed by atoms with E-state index in [0.717, 1.165) is 10.4 Å². The van der Waals surface area contributed by atoms with Crippen LogP contribution in [0.5, 0.6) is 5.88 Å². The van der Waals surface area contributed by atoms with E-state index in [9.17, 15) is 33.5 Å². The molecule has 4 N–H and O–H groups in total. The van der Waals surface area contributed by atoms with E-state index in [-0.39, 0.29) is 89.4 Å². The number of esters is 1. The number of carboxylic acid groups (broad SMARTS) is 2. The number of aromatic nitrogens is 7. The van der Waals surface area contributed by atoms with Crippen molar-refractivity contribution in [2.24, 2.45) is 0 Å². The molecule has 0 aliphatic rings. The second-order valence-electron chi connectivity index (χ2n) is 13.4. The first-order chi connectivity index (χ1) is 26.2. The number of aryl methyl sites for hydroxylation is 1. The zero-order valence-electron chi connectivity index (χ0n) is 31.1. The fourth-order valence-electron chi connectivity index (χ4n) is 5.46. The Morgan fingerprint density at radius 3 is 2.46 bits per heavy atom. The minimum absolute atomic E-state index is 0. The summed E-state index contributed by atoms with van der Waals surface area (Å²) in [7, 11) is 0. The number of hydrogen-bond acceptors (Lipinski definition) is 11. The molecule has 0 aliphatic heterocycles. The van der Waals surface area contributed by atoms with Crippen LogP contribution in [0.25, 0.3) is 12.2 Å². The molecule has 0 radical (unpaired) electrons. The second-order valence-corrected chi connectivity index (χ2v) is 13.4. The maximum absolute atomic E-state index is 13.4. The molecule has 3 heterocycles. The third-order valence-electron chi connectivity index (χ3n) is 8.21. The number of ether oxygens (including phenoxy) is 2. The van der Waals surface area contributed by atoms with Gasteiger partial charge in [-0.1, -0.05) is 44.2 Å². The van der Waals surface area contributed by atoms with E-state index in [1.54, 1.807) is 30.3 Å². The summed E-state index contributed by atoms with van der Waals surface area (Å²) in [6.45, 7) is 5.40. The number of rotatable bonds is 16. The first-order valence-corrected chi connectivity index (χ1v) is 17.1. The predicted octanol–water partition coefficient (Wildman–Crippen LogP) is -0.193. The summed E-state index contributed by atoms with van der Waals surface area (Å²) in [5.41, 5.74) is 1.87. The molecule has 5 rings (SSSR count). The number of nitrogens with one attached hydrogen (secondary N) is 2. The molecule has 286 valence electrons. The van der Waals surface area contributed by atoms with E-state index >= 15 is 0 Å². The molecule has 56 heavy (non-hydrogen) atoms. The summed E-state index contributed by atoms with van der Waals surface area (Å²) in [6.07, 6.45) is 5.91. The molecule has 5 aromatic rings. The van der Waals surface area contributed by atoms with Crippen molar-refractivity contribution in [2.75, 3.05) is 6.79 Å². The Morgan fingerprint density at radius 1 is 1.02 bits per heavy atom. The summed E-state index contributed by atoms with van der Waals surface area (Å²) in [5, 5.41) is 26.2. The smallest absolute Gasteiger partial charge is 0.481 e. The number of aromatic amines is 2. The average Bonchev–Trinajstić information content (AvgIpc) is 3.80. The van der Waals surface area contributed by atoms with Gasteiger partial charge >= 0.3 is 47.5 Å². The number of imidazole rings is 1. The Kier molecular flexibility index (Phi) is 14.7. The van der Waals surface area contributed by atoms with Crippen molar-refractivity contribution in [3.8, 4) is 5.88 Å². The summed E-state index contributed by atoms with van der Waals surface area (Å²) >= 11 is 0. The van der Waals surface area contributed by atoms with Crippen LogP contribution in [0.2, 0.25) is 0 Å². The Balaban J connectivity index is 0.00000696. The second kappa shape index (κ2) is 19.2. The molecule has 3 aromatic heterocycles. The molecule has 0 saturated carbocycles. The summed E-state index contributed by atoms with van der Waals surface area (Å²) in [5.74, 6) is -3.88. The minimum atomic E-state index is -1.24. The van der Waals surface area contributed by atoms with Crippen molar-refractivity contribution in [3.63, 3.8) is 0 Å². The van der Waals surface area contributed by atoms with E-state index < -0.39 is 42.1 Å². The fourth-order valence-corrected chi connectivity index (χ4v) is 5.46. The fraction of sp³-hybridized carbons (Fsp3) is 0.289. The van der Waals surface area contributed by atoms with Crippen LogP contribution in [0.3, 0.4) is 0 Å². The molecular weight excluding hydrogens is 740 g/mol. The normalized spacial score (nSPS) is 12.5. The van der Waals surface area contributed by atoms with Crippen molar-refractivity contribution in [2.45, 2.75) is 64.3 Å². The Morgan fingerprint density at radius 2 is 1.77 bits per heavy atom. The molecule has 0 amide bonds. The maximum atomic E-state index is 13.4. The Bertz CT molecular complexity index is 2390. The average molecular weight is 779 g/mol. The number of H-pyrrole nitrogens is 2. The van der Waals surface area contributed by atoms with Crippen LogP contribution in [0.15, 0.2) is 65.8 Å². The molecule has 2 aromatic carbocycles. The third-order valence-corrected chi connectivity index (χ3v) is 8.21. The van der Waals surface area contributed by atoms with E-state index in [4.69, 9.17) is 14.6 Å². The number of carboxylic acids is 2. The zero-order valence-corrected chi connectivity index (χ0v) is 33.1. The molecule has 1 unspecified atom stereocenters. The number of hydrogen-bond donors (Lipinski definition) is 4. The van der Waals surface area contributed by atoms with Crippen molar-refractivity contribution < 1.29 is 72.8 Å². The molecule has 16 nitrogen and oxygen atoms in total. The molecular formula is C38H38FN7NaO9+. The van der Waals surface area contributed by atoms with E-state index in [0.29, 0.717) is 28.1 Å². The topological polar surface area (TPSA) is 232 Å². The van der Waals surface area contributed by atoms with E-state index in [1.165, 1.54) is 42.9 Å². The molecule has 0 bridgehead atoms. The number of carbonyl (C=O) groups excluding carboxylic acids is 2. The van der Waals surface area contributed by atoms with Gasteiger partial charge in [0.1, 0.15) is 16.5 Å². The molecule has 18 heteroatoms. The van der Waals surface area contributed by atoms with Gasteiger partial charge in [-0.05, 0) is 67.3 Å². The van der Waals surface area contributed by atoms with Crippen LogP contribution in [0.1, 0.15) is 91.1 Å². The number of carbonyl (C=O) groups is 4. The number of halogens is 1. The minimum Gasteiger partial charge on any atom is -0.481 e. The number of ketones is 1. The molecule has 0 aliphatic carbocycles. The van der Waals surface area contributed by atoms with Crippen LogP contribution in [-0.4, -0.2) is 75.6 Å². The summed E-state index contributed by atoms with van der Waals surface area (Å²) < 4.78 is 25.6. The van der Waals surface area contributed by atoms with Gasteiger partial charge in [-0.3, -0.25) is 19.2 Å². The van der Waals surface area contributed by atoms with Gasteiger partial charge in [0.2, 0.25) is 12.7 Å². The van der Waals surface area contributed by atoms with Gasteiger partial charge in [0, 0.05) is 41.3 Å². The SMILES string of the molecule is CC(C)(C)c1[nH]cnc1/C=c1\[nH]c(=O)/c(=C/c2cccc(C(=O)c3ccc(F)cc3)c2)nc1OCOC(=O)CCCc1cn(C(CCC(=O)O)C(=O)O)nn1.[Na+]. The number of benzene rings is 2. The summed E-state index contributed by atoms with van der Waals surface area (Å²) in [4.78, 5) is 76.1. The zero-order chi connectivity index (χ0) is 39.7. The quantitative estimate of drug-likeness (QED) is 0.0441. The van der Waals surface area contributed by atoms with Gasteiger partial charge in [-0.2, -0.15) is 0 Å². The van der Waals surface area contributed by atoms with Crippen LogP contribution in [0, 0.1) is 5.82 Å². The van der Waals surface area contributed by atoms with Crippen molar-refractivity contribution in [1.82, 2.24) is 34.9 Å². The van der Waals surface area contributed by atoms with Gasteiger partial charge in [-0.25, -0.2) is 23.8 Å². The number of nitrogens with zero attached hydrogens (tertiary/aromatic N) is 5. The van der Waals surface area contributed by atoms with Gasteiger partial charge < -0.3 is 29.7 Å². The van der Waals surface area contributed by atoms with Crippen molar-refractivity contribution >= 4 is 35.8 Å². The monoisotopic (exact) mass is 778 g/mol. The van der Waals surface area contributed by atoms with Gasteiger partial charge in [-0.15, -0.1) is 5.10 Å². The molecule has 0 fully saturated rings. The van der Waals surface area contributed by atoms with E-state index in [1.807, 2.05) is 20.8 Å². The van der Waals surface area contributed by atoms with Gasteiger partial charge in [0.25, 0.3) is 5.56 Å².